The molecule has 4 nitrogen and oxygen atoms in total. The Labute approximate surface area is 134 Å². The quantitative estimate of drug-likeness (QED) is 0.843. The van der Waals surface area contributed by atoms with Crippen LogP contribution in [0.15, 0.2) is 27.1 Å². The average Bonchev–Trinajstić information content (AvgIpc) is 3.26. The van der Waals surface area contributed by atoms with Crippen molar-refractivity contribution in [3.8, 4) is 17.1 Å². The van der Waals surface area contributed by atoms with Gasteiger partial charge < -0.3 is 10.5 Å². The van der Waals surface area contributed by atoms with Crippen molar-refractivity contribution in [2.24, 2.45) is 0 Å². The number of halogens is 2. The summed E-state index contributed by atoms with van der Waals surface area (Å²) in [6.07, 6.45) is 2.31. The first-order valence-electron chi connectivity index (χ1n) is 6.27. The van der Waals surface area contributed by atoms with Gasteiger partial charge in [0.25, 0.3) is 0 Å². The van der Waals surface area contributed by atoms with Crippen LogP contribution < -0.4 is 10.5 Å². The first-order chi connectivity index (χ1) is 9.60. The molecule has 1 saturated carbocycles. The van der Waals surface area contributed by atoms with Crippen LogP contribution in [0.1, 0.15) is 24.5 Å². The Balaban J connectivity index is 2.17. The Morgan fingerprint density at radius 2 is 2.00 bits per heavy atom. The SMILES string of the molecule is COc1ccc(Br)cc1-c1nc(N)c(Br)c(C2CC2)n1. The summed E-state index contributed by atoms with van der Waals surface area (Å²) in [4.78, 5) is 9.06. The Hall–Kier alpha value is -1.14. The van der Waals surface area contributed by atoms with Gasteiger partial charge in [-0.2, -0.15) is 0 Å². The molecule has 0 saturated heterocycles. The first-order valence-corrected chi connectivity index (χ1v) is 7.85. The Bertz CT molecular complexity index is 672. The number of hydrogen-bond donors (Lipinski definition) is 1. The molecule has 20 heavy (non-hydrogen) atoms. The summed E-state index contributed by atoms with van der Waals surface area (Å²) in [5.74, 6) is 2.30. The molecule has 0 radical (unpaired) electrons. The molecule has 0 bridgehead atoms. The molecule has 1 fully saturated rings. The van der Waals surface area contributed by atoms with Crippen molar-refractivity contribution >= 4 is 37.7 Å². The Morgan fingerprint density at radius 3 is 2.65 bits per heavy atom. The van der Waals surface area contributed by atoms with Crippen LogP contribution in [0.2, 0.25) is 0 Å². The zero-order chi connectivity index (χ0) is 14.3. The highest BCUT2D eigenvalue weighted by molar-refractivity contribution is 9.11. The minimum atomic E-state index is 0.471. The lowest BCUT2D eigenvalue weighted by Crippen LogP contribution is -2.03. The van der Waals surface area contributed by atoms with Crippen molar-refractivity contribution in [3.63, 3.8) is 0 Å². The number of hydrogen-bond acceptors (Lipinski definition) is 4. The number of methoxy groups -OCH3 is 1. The van der Waals surface area contributed by atoms with Gasteiger partial charge in [-0.15, -0.1) is 0 Å². The van der Waals surface area contributed by atoms with Crippen LogP contribution >= 0.6 is 31.9 Å². The lowest BCUT2D eigenvalue weighted by Gasteiger charge is -2.11. The number of anilines is 1. The minimum Gasteiger partial charge on any atom is -0.496 e. The molecule has 0 aliphatic heterocycles. The van der Waals surface area contributed by atoms with Crippen molar-refractivity contribution in [3.05, 3.63) is 32.8 Å². The molecule has 104 valence electrons. The molecule has 1 aliphatic carbocycles. The van der Waals surface area contributed by atoms with Gasteiger partial charge in [-0.1, -0.05) is 15.9 Å². The lowest BCUT2D eigenvalue weighted by atomic mass is 10.1. The third kappa shape index (κ3) is 2.54. The zero-order valence-electron chi connectivity index (χ0n) is 10.9. The van der Waals surface area contributed by atoms with Crippen LogP contribution in [0.5, 0.6) is 5.75 Å². The van der Waals surface area contributed by atoms with Crippen LogP contribution in [0.3, 0.4) is 0 Å². The second kappa shape index (κ2) is 5.33. The summed E-state index contributed by atoms with van der Waals surface area (Å²) in [5.41, 5.74) is 7.83. The van der Waals surface area contributed by atoms with Gasteiger partial charge >= 0.3 is 0 Å². The van der Waals surface area contributed by atoms with Gasteiger partial charge in [-0.25, -0.2) is 9.97 Å². The second-order valence-corrected chi connectivity index (χ2v) is 6.46. The monoisotopic (exact) mass is 397 g/mol. The van der Waals surface area contributed by atoms with Crippen molar-refractivity contribution in [1.82, 2.24) is 9.97 Å². The fourth-order valence-electron chi connectivity index (χ4n) is 2.09. The number of aromatic nitrogens is 2. The third-order valence-corrected chi connectivity index (χ3v) is 4.57. The van der Waals surface area contributed by atoms with E-state index in [-0.39, 0.29) is 0 Å². The van der Waals surface area contributed by atoms with E-state index in [0.29, 0.717) is 17.6 Å². The molecule has 0 spiro atoms. The van der Waals surface area contributed by atoms with Crippen molar-refractivity contribution in [1.29, 1.82) is 0 Å². The summed E-state index contributed by atoms with van der Waals surface area (Å²) in [5, 5.41) is 0. The highest BCUT2D eigenvalue weighted by Crippen LogP contribution is 2.44. The summed E-state index contributed by atoms with van der Waals surface area (Å²) in [6.45, 7) is 0. The normalized spacial score (nSPS) is 14.3. The van der Waals surface area contributed by atoms with Crippen molar-refractivity contribution in [2.45, 2.75) is 18.8 Å². The summed E-state index contributed by atoms with van der Waals surface area (Å²) in [7, 11) is 1.64. The van der Waals surface area contributed by atoms with Crippen LogP contribution in [0.25, 0.3) is 11.4 Å². The average molecular weight is 399 g/mol. The topological polar surface area (TPSA) is 61.0 Å². The van der Waals surface area contributed by atoms with Gasteiger partial charge in [0.15, 0.2) is 5.82 Å². The number of rotatable bonds is 3. The fourth-order valence-corrected chi connectivity index (χ4v) is 2.95. The van der Waals surface area contributed by atoms with E-state index in [2.05, 4.69) is 41.8 Å². The van der Waals surface area contributed by atoms with Crippen molar-refractivity contribution in [2.75, 3.05) is 12.8 Å². The number of benzene rings is 1. The largest absolute Gasteiger partial charge is 0.496 e. The lowest BCUT2D eigenvalue weighted by molar-refractivity contribution is 0.416. The fraction of sp³-hybridized carbons (Fsp3) is 0.286. The summed E-state index contributed by atoms with van der Waals surface area (Å²) in [6, 6.07) is 5.75. The summed E-state index contributed by atoms with van der Waals surface area (Å²) >= 11 is 6.95. The number of nitrogens with zero attached hydrogens (tertiary/aromatic N) is 2. The zero-order valence-corrected chi connectivity index (χ0v) is 14.0. The Morgan fingerprint density at radius 1 is 1.25 bits per heavy atom. The predicted molar refractivity (Wildman–Crippen MR) is 85.8 cm³/mol. The molecular formula is C14H13Br2N3O. The maximum Gasteiger partial charge on any atom is 0.165 e. The summed E-state index contributed by atoms with van der Waals surface area (Å²) < 4.78 is 7.16. The maximum absolute atomic E-state index is 6.00. The van der Waals surface area contributed by atoms with Gasteiger partial charge in [0.1, 0.15) is 11.6 Å². The number of nitrogens with two attached hydrogens (primary N) is 1. The maximum atomic E-state index is 6.00. The van der Waals surface area contributed by atoms with E-state index in [4.69, 9.17) is 10.5 Å². The molecule has 0 unspecified atom stereocenters. The van der Waals surface area contributed by atoms with E-state index in [1.165, 1.54) is 0 Å². The minimum absolute atomic E-state index is 0.471. The van der Waals surface area contributed by atoms with Crippen LogP contribution in [-0.2, 0) is 0 Å². The molecule has 0 amide bonds. The van der Waals surface area contributed by atoms with Gasteiger partial charge in [0, 0.05) is 10.4 Å². The highest BCUT2D eigenvalue weighted by Gasteiger charge is 2.29. The van der Waals surface area contributed by atoms with Gasteiger partial charge in [0.05, 0.1) is 22.8 Å². The molecule has 3 rings (SSSR count). The molecule has 1 aromatic heterocycles. The van der Waals surface area contributed by atoms with E-state index >= 15 is 0 Å². The molecule has 1 aliphatic rings. The number of ether oxygens (including phenoxy) is 1. The van der Waals surface area contributed by atoms with E-state index in [1.807, 2.05) is 18.2 Å². The van der Waals surface area contributed by atoms with Crippen LogP contribution in [0.4, 0.5) is 5.82 Å². The van der Waals surface area contributed by atoms with E-state index in [0.717, 1.165) is 38.8 Å². The van der Waals surface area contributed by atoms with Crippen LogP contribution in [-0.4, -0.2) is 17.1 Å². The third-order valence-electron chi connectivity index (χ3n) is 3.27. The van der Waals surface area contributed by atoms with Crippen molar-refractivity contribution < 1.29 is 4.74 Å². The standard InChI is InChI=1S/C14H13Br2N3O/c1-20-10-5-4-8(15)6-9(10)14-18-12(7-2-3-7)11(16)13(17)19-14/h4-7H,2-3H2,1H3,(H2,17,18,19). The first kappa shape index (κ1) is 13.8. The van der Waals surface area contributed by atoms with Gasteiger partial charge in [0.2, 0.25) is 0 Å². The molecule has 1 heterocycles. The Kier molecular flexibility index (Phi) is 3.69. The van der Waals surface area contributed by atoms with Crippen LogP contribution in [0, 0.1) is 0 Å². The molecule has 2 N–H and O–H groups in total. The van der Waals surface area contributed by atoms with Gasteiger partial charge in [-0.3, -0.25) is 0 Å². The molecule has 1 aromatic carbocycles. The molecule has 2 aromatic rings. The number of nitrogen functional groups attached to an aromatic ring is 1. The molecule has 0 atom stereocenters. The smallest absolute Gasteiger partial charge is 0.165 e. The second-order valence-electron chi connectivity index (χ2n) is 4.75. The van der Waals surface area contributed by atoms with E-state index in [9.17, 15) is 0 Å². The van der Waals surface area contributed by atoms with Gasteiger partial charge in [-0.05, 0) is 47.0 Å². The predicted octanol–water partition coefficient (Wildman–Crippen LogP) is 4.14. The highest BCUT2D eigenvalue weighted by atomic mass is 79.9. The van der Waals surface area contributed by atoms with E-state index in [1.54, 1.807) is 7.11 Å². The van der Waals surface area contributed by atoms with E-state index < -0.39 is 0 Å². The molecule has 6 heteroatoms. The molecular weight excluding hydrogens is 386 g/mol.